The molecule has 0 saturated carbocycles. The first kappa shape index (κ1) is 14.5. The Bertz CT molecular complexity index is 561. The van der Waals surface area contributed by atoms with Crippen molar-refractivity contribution in [3.8, 4) is 11.5 Å². The van der Waals surface area contributed by atoms with Crippen molar-refractivity contribution in [2.24, 2.45) is 0 Å². The standard InChI is InChI=1S/C15H22N4O/c1-4-19(5-2)9-8-14-17-15(20-18-14)13-10-12(16)7-6-11(13)3/h6-7,10H,4-5,8-9,16H2,1-3H3. The maximum Gasteiger partial charge on any atom is 0.258 e. The average Bonchev–Trinajstić information content (AvgIpc) is 2.91. The van der Waals surface area contributed by atoms with Gasteiger partial charge in [-0.3, -0.25) is 0 Å². The van der Waals surface area contributed by atoms with Gasteiger partial charge < -0.3 is 15.2 Å². The number of nitrogens with zero attached hydrogens (tertiary/aromatic N) is 3. The molecular formula is C15H22N4O. The monoisotopic (exact) mass is 274 g/mol. The Kier molecular flexibility index (Phi) is 4.74. The highest BCUT2D eigenvalue weighted by Crippen LogP contribution is 2.24. The lowest BCUT2D eigenvalue weighted by Gasteiger charge is -2.16. The molecule has 0 aliphatic heterocycles. The SMILES string of the molecule is CCN(CC)CCc1noc(-c2cc(N)ccc2C)n1. The van der Waals surface area contributed by atoms with E-state index in [2.05, 4.69) is 28.9 Å². The van der Waals surface area contributed by atoms with Crippen LogP contribution in [0.25, 0.3) is 11.5 Å². The summed E-state index contributed by atoms with van der Waals surface area (Å²) in [6.45, 7) is 9.34. The first-order chi connectivity index (χ1) is 9.63. The van der Waals surface area contributed by atoms with Gasteiger partial charge in [-0.25, -0.2) is 0 Å². The molecule has 108 valence electrons. The van der Waals surface area contributed by atoms with Crippen LogP contribution in [0.3, 0.4) is 0 Å². The number of likely N-dealkylation sites (N-methyl/N-ethyl adjacent to an activating group) is 1. The van der Waals surface area contributed by atoms with Crippen LogP contribution in [0.1, 0.15) is 25.2 Å². The van der Waals surface area contributed by atoms with E-state index in [1.54, 1.807) is 0 Å². The minimum absolute atomic E-state index is 0.546. The summed E-state index contributed by atoms with van der Waals surface area (Å²) < 4.78 is 5.35. The maximum absolute atomic E-state index is 5.81. The highest BCUT2D eigenvalue weighted by molar-refractivity contribution is 5.63. The van der Waals surface area contributed by atoms with Crippen molar-refractivity contribution >= 4 is 5.69 Å². The van der Waals surface area contributed by atoms with Crippen LogP contribution in [0.15, 0.2) is 22.7 Å². The molecule has 1 aromatic carbocycles. The normalized spacial score (nSPS) is 11.2. The molecule has 0 atom stereocenters. The highest BCUT2D eigenvalue weighted by Gasteiger charge is 2.12. The van der Waals surface area contributed by atoms with Gasteiger partial charge in [-0.15, -0.1) is 0 Å². The molecule has 0 unspecified atom stereocenters. The van der Waals surface area contributed by atoms with Crippen molar-refractivity contribution in [2.45, 2.75) is 27.2 Å². The number of hydrogen-bond donors (Lipinski definition) is 1. The summed E-state index contributed by atoms with van der Waals surface area (Å²) in [5, 5.41) is 4.05. The summed E-state index contributed by atoms with van der Waals surface area (Å²) in [5.74, 6) is 1.29. The zero-order chi connectivity index (χ0) is 14.5. The second-order valence-corrected chi connectivity index (χ2v) is 4.87. The molecule has 1 heterocycles. The second-order valence-electron chi connectivity index (χ2n) is 4.87. The minimum Gasteiger partial charge on any atom is -0.399 e. The topological polar surface area (TPSA) is 68.2 Å². The number of rotatable bonds is 6. The van der Waals surface area contributed by atoms with Crippen molar-refractivity contribution < 1.29 is 4.52 Å². The predicted octanol–water partition coefficient (Wildman–Crippen LogP) is 2.51. The lowest BCUT2D eigenvalue weighted by Crippen LogP contribution is -2.25. The fourth-order valence-electron chi connectivity index (χ4n) is 2.13. The lowest BCUT2D eigenvalue weighted by molar-refractivity contribution is 0.303. The fraction of sp³-hybridized carbons (Fsp3) is 0.467. The van der Waals surface area contributed by atoms with E-state index in [1.165, 1.54) is 0 Å². The van der Waals surface area contributed by atoms with Crippen molar-refractivity contribution in [3.05, 3.63) is 29.6 Å². The first-order valence-electron chi connectivity index (χ1n) is 7.05. The summed E-state index contributed by atoms with van der Waals surface area (Å²) in [7, 11) is 0. The molecule has 0 aliphatic rings. The zero-order valence-corrected chi connectivity index (χ0v) is 12.4. The molecule has 0 radical (unpaired) electrons. The Balaban J connectivity index is 2.10. The summed E-state index contributed by atoms with van der Waals surface area (Å²) in [4.78, 5) is 6.80. The van der Waals surface area contributed by atoms with Gasteiger partial charge in [0.15, 0.2) is 5.82 Å². The lowest BCUT2D eigenvalue weighted by atomic mass is 10.1. The third-order valence-electron chi connectivity index (χ3n) is 3.51. The molecular weight excluding hydrogens is 252 g/mol. The van der Waals surface area contributed by atoms with Crippen LogP contribution in [0, 0.1) is 6.92 Å². The molecule has 0 spiro atoms. The van der Waals surface area contributed by atoms with Gasteiger partial charge in [0.05, 0.1) is 0 Å². The zero-order valence-electron chi connectivity index (χ0n) is 12.4. The highest BCUT2D eigenvalue weighted by atomic mass is 16.5. The average molecular weight is 274 g/mol. The van der Waals surface area contributed by atoms with Crippen LogP contribution >= 0.6 is 0 Å². The molecule has 2 N–H and O–H groups in total. The molecule has 2 rings (SSSR count). The van der Waals surface area contributed by atoms with Crippen LogP contribution in [0.5, 0.6) is 0 Å². The molecule has 2 aromatic rings. The van der Waals surface area contributed by atoms with Crippen LogP contribution in [-0.4, -0.2) is 34.7 Å². The van der Waals surface area contributed by atoms with Gasteiger partial charge in [0, 0.05) is 24.2 Å². The Labute approximate surface area is 119 Å². The molecule has 0 saturated heterocycles. The van der Waals surface area contributed by atoms with Gasteiger partial charge >= 0.3 is 0 Å². The molecule has 1 aromatic heterocycles. The molecule has 5 nitrogen and oxygen atoms in total. The van der Waals surface area contributed by atoms with Crippen LogP contribution in [-0.2, 0) is 6.42 Å². The summed E-state index contributed by atoms with van der Waals surface area (Å²) in [5.41, 5.74) is 8.50. The second kappa shape index (κ2) is 6.52. The number of anilines is 1. The van der Waals surface area contributed by atoms with E-state index in [0.29, 0.717) is 11.6 Å². The number of aryl methyl sites for hydroxylation is 1. The Hall–Kier alpha value is -1.88. The number of aromatic nitrogens is 2. The summed E-state index contributed by atoms with van der Waals surface area (Å²) >= 11 is 0. The third kappa shape index (κ3) is 3.36. The van der Waals surface area contributed by atoms with Gasteiger partial charge in [0.25, 0.3) is 5.89 Å². The molecule has 0 bridgehead atoms. The third-order valence-corrected chi connectivity index (χ3v) is 3.51. The van der Waals surface area contributed by atoms with Gasteiger partial charge in [-0.2, -0.15) is 4.98 Å². The summed E-state index contributed by atoms with van der Waals surface area (Å²) in [6.07, 6.45) is 0.798. The van der Waals surface area contributed by atoms with E-state index in [9.17, 15) is 0 Å². The van der Waals surface area contributed by atoms with E-state index in [0.717, 1.165) is 43.0 Å². The number of benzene rings is 1. The Morgan fingerprint density at radius 2 is 2.00 bits per heavy atom. The molecule has 0 fully saturated rings. The van der Waals surface area contributed by atoms with Crippen molar-refractivity contribution in [1.29, 1.82) is 0 Å². The van der Waals surface area contributed by atoms with Gasteiger partial charge in [-0.1, -0.05) is 25.1 Å². The molecule has 5 heteroatoms. The van der Waals surface area contributed by atoms with Gasteiger partial charge in [-0.05, 0) is 37.7 Å². The van der Waals surface area contributed by atoms with Crippen LogP contribution in [0.2, 0.25) is 0 Å². The molecule has 20 heavy (non-hydrogen) atoms. The van der Waals surface area contributed by atoms with Crippen molar-refractivity contribution in [2.75, 3.05) is 25.4 Å². The summed E-state index contributed by atoms with van der Waals surface area (Å²) in [6, 6.07) is 5.71. The van der Waals surface area contributed by atoms with E-state index in [-0.39, 0.29) is 0 Å². The minimum atomic E-state index is 0.546. The number of nitrogen functional groups attached to an aromatic ring is 1. The van der Waals surface area contributed by atoms with E-state index < -0.39 is 0 Å². The van der Waals surface area contributed by atoms with E-state index in [1.807, 2.05) is 25.1 Å². The van der Waals surface area contributed by atoms with Crippen LogP contribution < -0.4 is 5.73 Å². The van der Waals surface area contributed by atoms with E-state index >= 15 is 0 Å². The quantitative estimate of drug-likeness (QED) is 0.820. The van der Waals surface area contributed by atoms with Gasteiger partial charge in [0.1, 0.15) is 0 Å². The fourth-order valence-corrected chi connectivity index (χ4v) is 2.13. The van der Waals surface area contributed by atoms with Crippen molar-refractivity contribution in [3.63, 3.8) is 0 Å². The Morgan fingerprint density at radius 3 is 2.70 bits per heavy atom. The first-order valence-corrected chi connectivity index (χ1v) is 7.05. The molecule has 0 amide bonds. The molecule has 0 aliphatic carbocycles. The van der Waals surface area contributed by atoms with Crippen molar-refractivity contribution in [1.82, 2.24) is 15.0 Å². The maximum atomic E-state index is 5.81. The van der Waals surface area contributed by atoms with Gasteiger partial charge in [0.2, 0.25) is 0 Å². The smallest absolute Gasteiger partial charge is 0.258 e. The van der Waals surface area contributed by atoms with Crippen LogP contribution in [0.4, 0.5) is 5.69 Å². The largest absolute Gasteiger partial charge is 0.399 e. The number of nitrogens with two attached hydrogens (primary N) is 1. The Morgan fingerprint density at radius 1 is 1.25 bits per heavy atom. The predicted molar refractivity (Wildman–Crippen MR) is 80.4 cm³/mol. The number of hydrogen-bond acceptors (Lipinski definition) is 5. The van der Waals surface area contributed by atoms with E-state index in [4.69, 9.17) is 10.3 Å².